The first-order chi connectivity index (χ1) is 7.69. The van der Waals surface area contributed by atoms with Crippen molar-refractivity contribution in [2.45, 2.75) is 13.5 Å². The molecule has 3 heteroatoms. The Morgan fingerprint density at radius 1 is 1.50 bits per heavy atom. The highest BCUT2D eigenvalue weighted by Gasteiger charge is 2.11. The van der Waals surface area contributed by atoms with E-state index in [0.717, 1.165) is 5.56 Å². The quantitative estimate of drug-likeness (QED) is 0.570. The third-order valence-corrected chi connectivity index (χ3v) is 2.67. The second-order valence-corrected chi connectivity index (χ2v) is 3.89. The van der Waals surface area contributed by atoms with Gasteiger partial charge in [0, 0.05) is 13.1 Å². The summed E-state index contributed by atoms with van der Waals surface area (Å²) >= 11 is 5.56. The molecule has 0 atom stereocenters. The third kappa shape index (κ3) is 3.38. The van der Waals surface area contributed by atoms with Gasteiger partial charge in [-0.05, 0) is 18.1 Å². The minimum Gasteiger partial charge on any atom is -0.334 e. The Morgan fingerprint density at radius 2 is 2.19 bits per heavy atom. The van der Waals surface area contributed by atoms with Gasteiger partial charge in [0.2, 0.25) is 5.91 Å². The molecule has 0 spiro atoms. The summed E-state index contributed by atoms with van der Waals surface area (Å²) in [5, 5.41) is 0. The summed E-state index contributed by atoms with van der Waals surface area (Å²) in [5.74, 6) is -0.0514. The van der Waals surface area contributed by atoms with Crippen LogP contribution in [0.25, 0.3) is 0 Å². The minimum atomic E-state index is -0.0650. The fourth-order valence-electron chi connectivity index (χ4n) is 1.49. The van der Waals surface area contributed by atoms with E-state index in [4.69, 9.17) is 11.6 Å². The molecule has 86 valence electrons. The van der Waals surface area contributed by atoms with Crippen molar-refractivity contribution in [3.63, 3.8) is 0 Å². The Kier molecular flexibility index (Phi) is 5.06. The van der Waals surface area contributed by atoms with Crippen LogP contribution in [0.15, 0.2) is 36.9 Å². The number of nitrogens with zero attached hydrogens (tertiary/aromatic N) is 1. The molecule has 1 rings (SSSR count). The van der Waals surface area contributed by atoms with E-state index >= 15 is 0 Å². The number of carbonyl (C=O) groups is 1. The molecule has 0 aromatic heterocycles. The van der Waals surface area contributed by atoms with Crippen LogP contribution < -0.4 is 0 Å². The summed E-state index contributed by atoms with van der Waals surface area (Å²) in [5.41, 5.74) is 2.32. The molecular formula is C13H16ClNO. The molecule has 2 nitrogen and oxygen atoms in total. The van der Waals surface area contributed by atoms with Crippen LogP contribution in [-0.2, 0) is 11.3 Å². The van der Waals surface area contributed by atoms with Gasteiger partial charge in [0.05, 0.1) is 0 Å². The normalized spacial score (nSPS) is 9.88. The van der Waals surface area contributed by atoms with Crippen molar-refractivity contribution in [3.05, 3.63) is 48.0 Å². The first kappa shape index (κ1) is 12.8. The monoisotopic (exact) mass is 237 g/mol. The Labute approximate surface area is 102 Å². The zero-order chi connectivity index (χ0) is 12.0. The summed E-state index contributed by atoms with van der Waals surface area (Å²) in [6.45, 7) is 6.79. The molecule has 0 N–H and O–H groups in total. The summed E-state index contributed by atoms with van der Waals surface area (Å²) < 4.78 is 0. The number of aryl methyl sites for hydroxylation is 1. The molecule has 1 aromatic rings. The van der Waals surface area contributed by atoms with Crippen molar-refractivity contribution in [1.29, 1.82) is 0 Å². The molecule has 1 amide bonds. The molecule has 0 saturated carbocycles. The van der Waals surface area contributed by atoms with Crippen LogP contribution in [0.1, 0.15) is 11.1 Å². The maximum Gasteiger partial charge on any atom is 0.238 e. The zero-order valence-electron chi connectivity index (χ0n) is 9.45. The summed E-state index contributed by atoms with van der Waals surface area (Å²) in [4.78, 5) is 13.3. The first-order valence-corrected chi connectivity index (χ1v) is 5.71. The number of hydrogen-bond acceptors (Lipinski definition) is 1. The molecule has 0 bridgehead atoms. The predicted molar refractivity (Wildman–Crippen MR) is 67.5 cm³/mol. The Morgan fingerprint density at radius 3 is 2.75 bits per heavy atom. The zero-order valence-corrected chi connectivity index (χ0v) is 10.2. The second-order valence-electron chi connectivity index (χ2n) is 3.62. The van der Waals surface area contributed by atoms with E-state index in [1.165, 1.54) is 5.56 Å². The van der Waals surface area contributed by atoms with Crippen molar-refractivity contribution in [1.82, 2.24) is 4.90 Å². The molecule has 0 fully saturated rings. The van der Waals surface area contributed by atoms with Crippen LogP contribution in [0.3, 0.4) is 0 Å². The number of amides is 1. The van der Waals surface area contributed by atoms with Crippen LogP contribution in [-0.4, -0.2) is 23.2 Å². The highest BCUT2D eigenvalue weighted by Crippen LogP contribution is 2.10. The van der Waals surface area contributed by atoms with Gasteiger partial charge in [-0.15, -0.1) is 18.2 Å². The van der Waals surface area contributed by atoms with E-state index in [-0.39, 0.29) is 11.8 Å². The third-order valence-electron chi connectivity index (χ3n) is 2.44. The number of rotatable bonds is 5. The largest absolute Gasteiger partial charge is 0.334 e. The fourth-order valence-corrected chi connectivity index (χ4v) is 1.66. The molecule has 0 aliphatic heterocycles. The maximum atomic E-state index is 11.6. The lowest BCUT2D eigenvalue weighted by atomic mass is 10.1. The van der Waals surface area contributed by atoms with Crippen LogP contribution in [0.4, 0.5) is 0 Å². The lowest BCUT2D eigenvalue weighted by Gasteiger charge is -2.21. The molecular weight excluding hydrogens is 222 g/mol. The van der Waals surface area contributed by atoms with E-state index < -0.39 is 0 Å². The first-order valence-electron chi connectivity index (χ1n) is 5.18. The Hall–Kier alpha value is -1.28. The van der Waals surface area contributed by atoms with Crippen LogP contribution in [0.5, 0.6) is 0 Å². The van der Waals surface area contributed by atoms with Crippen molar-refractivity contribution in [2.24, 2.45) is 0 Å². The van der Waals surface area contributed by atoms with E-state index in [2.05, 4.69) is 6.58 Å². The number of hydrogen-bond donors (Lipinski definition) is 0. The summed E-state index contributed by atoms with van der Waals surface area (Å²) in [6, 6.07) is 8.01. The number of carbonyl (C=O) groups excluding carboxylic acids is 1. The lowest BCUT2D eigenvalue weighted by Crippen LogP contribution is -2.31. The van der Waals surface area contributed by atoms with E-state index in [1.54, 1.807) is 11.0 Å². The number of alkyl halides is 1. The van der Waals surface area contributed by atoms with Crippen molar-refractivity contribution < 1.29 is 4.79 Å². The Balaban J connectivity index is 2.79. The van der Waals surface area contributed by atoms with Crippen LogP contribution in [0.2, 0.25) is 0 Å². The predicted octanol–water partition coefficient (Wildman–Crippen LogP) is 2.75. The van der Waals surface area contributed by atoms with Gasteiger partial charge in [-0.3, -0.25) is 4.79 Å². The minimum absolute atomic E-state index is 0.0136. The smallest absolute Gasteiger partial charge is 0.238 e. The van der Waals surface area contributed by atoms with Gasteiger partial charge < -0.3 is 4.90 Å². The molecule has 0 unspecified atom stereocenters. The second kappa shape index (κ2) is 6.33. The van der Waals surface area contributed by atoms with Gasteiger partial charge in [-0.2, -0.15) is 0 Å². The van der Waals surface area contributed by atoms with Crippen molar-refractivity contribution >= 4 is 17.5 Å². The van der Waals surface area contributed by atoms with Gasteiger partial charge in [0.15, 0.2) is 0 Å². The lowest BCUT2D eigenvalue weighted by molar-refractivity contribution is -0.128. The summed E-state index contributed by atoms with van der Waals surface area (Å²) in [7, 11) is 0. The average Bonchev–Trinajstić information content (AvgIpc) is 2.30. The highest BCUT2D eigenvalue weighted by molar-refractivity contribution is 6.27. The highest BCUT2D eigenvalue weighted by atomic mass is 35.5. The number of benzene rings is 1. The topological polar surface area (TPSA) is 20.3 Å². The Bertz CT molecular complexity index is 376. The molecule has 0 aliphatic carbocycles. The van der Waals surface area contributed by atoms with Crippen LogP contribution in [0, 0.1) is 6.92 Å². The molecule has 16 heavy (non-hydrogen) atoms. The molecule has 0 heterocycles. The van der Waals surface area contributed by atoms with Gasteiger partial charge in [0.25, 0.3) is 0 Å². The molecule has 0 saturated heterocycles. The van der Waals surface area contributed by atoms with Crippen molar-refractivity contribution in [3.8, 4) is 0 Å². The number of halogens is 1. The van der Waals surface area contributed by atoms with Gasteiger partial charge in [0.1, 0.15) is 5.88 Å². The van der Waals surface area contributed by atoms with Crippen LogP contribution >= 0.6 is 11.6 Å². The van der Waals surface area contributed by atoms with E-state index in [0.29, 0.717) is 13.1 Å². The SMILES string of the molecule is C=CCN(Cc1ccccc1C)C(=O)CCl. The maximum absolute atomic E-state index is 11.6. The van der Waals surface area contributed by atoms with Gasteiger partial charge >= 0.3 is 0 Å². The van der Waals surface area contributed by atoms with E-state index in [1.807, 2.05) is 31.2 Å². The molecule has 1 aromatic carbocycles. The molecule has 0 aliphatic rings. The van der Waals surface area contributed by atoms with Gasteiger partial charge in [-0.1, -0.05) is 30.3 Å². The fraction of sp³-hybridized carbons (Fsp3) is 0.308. The van der Waals surface area contributed by atoms with Gasteiger partial charge in [-0.25, -0.2) is 0 Å². The average molecular weight is 238 g/mol. The van der Waals surface area contributed by atoms with Crippen molar-refractivity contribution in [2.75, 3.05) is 12.4 Å². The standard InChI is InChI=1S/C13H16ClNO/c1-3-8-15(13(16)9-14)10-12-7-5-4-6-11(12)2/h3-7H,1,8-10H2,2H3. The van der Waals surface area contributed by atoms with E-state index in [9.17, 15) is 4.79 Å². The molecule has 0 radical (unpaired) electrons. The summed E-state index contributed by atoms with van der Waals surface area (Å²) in [6.07, 6.45) is 1.71.